The van der Waals surface area contributed by atoms with Gasteiger partial charge in [-0.15, -0.1) is 22.7 Å². The number of benzene rings is 1. The summed E-state index contributed by atoms with van der Waals surface area (Å²) in [4.78, 5) is 6.83. The van der Waals surface area contributed by atoms with Crippen molar-refractivity contribution >= 4 is 44.2 Å². The molecule has 5 aromatic rings. The van der Waals surface area contributed by atoms with Crippen molar-refractivity contribution in [1.29, 1.82) is 0 Å². The van der Waals surface area contributed by atoms with Crippen LogP contribution in [0.2, 0.25) is 0 Å². The minimum absolute atomic E-state index is 0.198. The van der Waals surface area contributed by atoms with E-state index in [0.717, 1.165) is 44.9 Å². The predicted octanol–water partition coefficient (Wildman–Crippen LogP) is 7.47. The van der Waals surface area contributed by atoms with Crippen LogP contribution in [0.1, 0.15) is 64.2 Å². The summed E-state index contributed by atoms with van der Waals surface area (Å²) in [5, 5.41) is 8.21. The normalized spacial score (nSPS) is 16.4. The van der Waals surface area contributed by atoms with Crippen LogP contribution in [0, 0.1) is 20.8 Å². The lowest BCUT2D eigenvalue weighted by Crippen LogP contribution is -2.44. The van der Waals surface area contributed by atoms with Crippen molar-refractivity contribution in [2.45, 2.75) is 70.9 Å². The lowest BCUT2D eigenvalue weighted by Gasteiger charge is -2.27. The summed E-state index contributed by atoms with van der Waals surface area (Å²) < 4.78 is 41.3. The highest BCUT2D eigenvalue weighted by Gasteiger charge is 2.41. The van der Waals surface area contributed by atoms with Crippen LogP contribution < -0.4 is 15.2 Å². The van der Waals surface area contributed by atoms with Crippen LogP contribution >= 0.6 is 22.7 Å². The van der Waals surface area contributed by atoms with Crippen LogP contribution in [0.5, 0.6) is 0 Å². The third-order valence-electron chi connectivity index (χ3n) is 8.22. The molecule has 6 rings (SSSR count). The maximum absolute atomic E-state index is 13.7. The number of pyridine rings is 1. The second kappa shape index (κ2) is 12.3. The largest absolute Gasteiger partial charge is 0.377 e. The standard InChI is InChI=1S/C33H37N5O4S3/c1-7-25-16-29-28(17-34-25)33(6,30-10-9-13-43-30)37-38(29)18-23-11-12-26(24(15-23)19-41-8-2)27-14-20(3)44-32(27)45(39,40)36-31-21(4)22(5)42-35-31/h9-17,37H,7-8,18-19H2,1-6H3,(H,35,36). The quantitative estimate of drug-likeness (QED) is 0.150. The Kier molecular flexibility index (Phi) is 8.61. The van der Waals surface area contributed by atoms with Gasteiger partial charge in [0.1, 0.15) is 9.97 Å². The summed E-state index contributed by atoms with van der Waals surface area (Å²) in [6.07, 6.45) is 2.85. The van der Waals surface area contributed by atoms with Crippen LogP contribution in [0.15, 0.2) is 62.8 Å². The molecule has 0 saturated carbocycles. The van der Waals surface area contributed by atoms with Crippen LogP contribution in [-0.2, 0) is 39.9 Å². The Bertz CT molecular complexity index is 1950. The molecular weight excluding hydrogens is 627 g/mol. The molecule has 1 aromatic carbocycles. The molecule has 0 radical (unpaired) electrons. The van der Waals surface area contributed by atoms with Gasteiger partial charge in [0.2, 0.25) is 0 Å². The molecule has 1 atom stereocenters. The summed E-state index contributed by atoms with van der Waals surface area (Å²) in [6, 6.07) is 14.5. The number of aromatic nitrogens is 2. The Labute approximate surface area is 272 Å². The number of hydrogen-bond donors (Lipinski definition) is 2. The molecule has 236 valence electrons. The van der Waals surface area contributed by atoms with Crippen molar-refractivity contribution in [3.8, 4) is 11.1 Å². The number of hydrogen-bond acceptors (Lipinski definition) is 10. The number of nitrogens with one attached hydrogen (secondary N) is 2. The number of anilines is 2. The molecule has 0 amide bonds. The van der Waals surface area contributed by atoms with Gasteiger partial charge in [-0.05, 0) is 81.3 Å². The van der Waals surface area contributed by atoms with E-state index < -0.39 is 15.6 Å². The van der Waals surface area contributed by atoms with Gasteiger partial charge in [0, 0.05) is 44.9 Å². The molecule has 1 unspecified atom stereocenters. The van der Waals surface area contributed by atoms with E-state index in [1.54, 1.807) is 25.2 Å². The number of hydrazine groups is 1. The SMILES string of the molecule is CCOCc1cc(CN2NC(C)(c3cccs3)c3cnc(CC)cc32)ccc1-c1cc(C)sc1S(=O)(=O)Nc1noc(C)c1C. The number of thiophene rings is 2. The van der Waals surface area contributed by atoms with Crippen LogP contribution in [0.25, 0.3) is 11.1 Å². The molecule has 12 heteroatoms. The van der Waals surface area contributed by atoms with Crippen LogP contribution in [0.3, 0.4) is 0 Å². The van der Waals surface area contributed by atoms with Crippen molar-refractivity contribution in [3.63, 3.8) is 0 Å². The highest BCUT2D eigenvalue weighted by molar-refractivity contribution is 7.94. The lowest BCUT2D eigenvalue weighted by molar-refractivity contribution is 0.134. The summed E-state index contributed by atoms with van der Waals surface area (Å²) in [7, 11) is -3.94. The average molecular weight is 664 g/mol. The highest BCUT2D eigenvalue weighted by atomic mass is 32.2. The summed E-state index contributed by atoms with van der Waals surface area (Å²) in [5.41, 5.74) is 10.8. The minimum Gasteiger partial charge on any atom is -0.377 e. The molecule has 0 aliphatic carbocycles. The predicted molar refractivity (Wildman–Crippen MR) is 180 cm³/mol. The molecule has 0 bridgehead atoms. The first-order valence-electron chi connectivity index (χ1n) is 14.9. The van der Waals surface area contributed by atoms with Crippen LogP contribution in [-0.4, -0.2) is 25.2 Å². The molecule has 2 N–H and O–H groups in total. The monoisotopic (exact) mass is 663 g/mol. The fraction of sp³-hybridized carbons (Fsp3) is 0.333. The van der Waals surface area contributed by atoms with Gasteiger partial charge in [-0.2, -0.15) is 0 Å². The van der Waals surface area contributed by atoms with E-state index in [1.165, 1.54) is 16.2 Å². The Morgan fingerprint density at radius 2 is 1.93 bits per heavy atom. The molecule has 0 saturated heterocycles. The summed E-state index contributed by atoms with van der Waals surface area (Å²) in [5.74, 6) is 0.765. The van der Waals surface area contributed by atoms with E-state index in [-0.39, 0.29) is 10.0 Å². The van der Waals surface area contributed by atoms with E-state index in [1.807, 2.05) is 32.2 Å². The molecule has 1 aliphatic rings. The molecule has 9 nitrogen and oxygen atoms in total. The Morgan fingerprint density at radius 1 is 1.11 bits per heavy atom. The number of rotatable bonds is 11. The van der Waals surface area contributed by atoms with E-state index in [9.17, 15) is 8.42 Å². The van der Waals surface area contributed by atoms with Crippen molar-refractivity contribution in [1.82, 2.24) is 15.6 Å². The molecular formula is C33H37N5O4S3. The number of nitrogens with zero attached hydrogens (tertiary/aromatic N) is 3. The van der Waals surface area contributed by atoms with Crippen molar-refractivity contribution in [2.75, 3.05) is 16.3 Å². The first-order valence-corrected chi connectivity index (χ1v) is 18.1. The fourth-order valence-corrected chi connectivity index (χ4v) is 9.20. The van der Waals surface area contributed by atoms with E-state index in [2.05, 4.69) is 69.9 Å². The topological polar surface area (TPSA) is 110 Å². The Hall–Kier alpha value is -3.55. The van der Waals surface area contributed by atoms with E-state index in [0.29, 0.717) is 36.6 Å². The van der Waals surface area contributed by atoms with Gasteiger partial charge in [-0.3, -0.25) is 9.71 Å². The van der Waals surface area contributed by atoms with Crippen molar-refractivity contribution in [3.05, 3.63) is 97.5 Å². The second-order valence-electron chi connectivity index (χ2n) is 11.4. The zero-order valence-corrected chi connectivity index (χ0v) is 28.7. The van der Waals surface area contributed by atoms with E-state index >= 15 is 0 Å². The third kappa shape index (κ3) is 5.93. The second-order valence-corrected chi connectivity index (χ2v) is 15.4. The highest BCUT2D eigenvalue weighted by Crippen LogP contribution is 2.44. The van der Waals surface area contributed by atoms with Gasteiger partial charge in [0.25, 0.3) is 10.0 Å². The summed E-state index contributed by atoms with van der Waals surface area (Å²) >= 11 is 2.96. The van der Waals surface area contributed by atoms with Gasteiger partial charge < -0.3 is 14.3 Å². The van der Waals surface area contributed by atoms with Gasteiger partial charge in [0.15, 0.2) is 5.82 Å². The first-order chi connectivity index (χ1) is 21.5. The number of aryl methyl sites for hydroxylation is 3. The molecule has 0 fully saturated rings. The fourth-order valence-electron chi connectivity index (χ4n) is 5.64. The zero-order valence-electron chi connectivity index (χ0n) is 26.2. The number of ether oxygens (including phenoxy) is 1. The van der Waals surface area contributed by atoms with Gasteiger partial charge in [0.05, 0.1) is 24.4 Å². The lowest BCUT2D eigenvalue weighted by atomic mass is 9.92. The average Bonchev–Trinajstić information content (AvgIpc) is 3.82. The smallest absolute Gasteiger partial charge is 0.273 e. The zero-order chi connectivity index (χ0) is 31.9. The van der Waals surface area contributed by atoms with E-state index in [4.69, 9.17) is 14.2 Å². The maximum atomic E-state index is 13.7. The van der Waals surface area contributed by atoms with Gasteiger partial charge in [-0.1, -0.05) is 36.3 Å². The first kappa shape index (κ1) is 31.4. The maximum Gasteiger partial charge on any atom is 0.273 e. The van der Waals surface area contributed by atoms with Crippen molar-refractivity contribution < 1.29 is 17.7 Å². The third-order valence-corrected chi connectivity index (χ3v) is 12.2. The van der Waals surface area contributed by atoms with Gasteiger partial charge >= 0.3 is 0 Å². The Balaban J connectivity index is 1.36. The Morgan fingerprint density at radius 3 is 2.62 bits per heavy atom. The van der Waals surface area contributed by atoms with Crippen LogP contribution in [0.4, 0.5) is 11.5 Å². The minimum atomic E-state index is -3.94. The number of fused-ring (bicyclic) bond motifs is 1. The molecule has 45 heavy (non-hydrogen) atoms. The van der Waals surface area contributed by atoms with Crippen molar-refractivity contribution in [2.24, 2.45) is 0 Å². The molecule has 4 aromatic heterocycles. The summed E-state index contributed by atoms with van der Waals surface area (Å²) in [6.45, 7) is 13.2. The molecule has 5 heterocycles. The van der Waals surface area contributed by atoms with Gasteiger partial charge in [-0.25, -0.2) is 13.8 Å². The molecule has 0 spiro atoms. The number of sulfonamides is 1. The molecule has 1 aliphatic heterocycles.